The smallest absolute Gasteiger partial charge is 0.323 e. The van der Waals surface area contributed by atoms with E-state index in [0.717, 1.165) is 0 Å². The number of urea groups is 2. The lowest BCUT2D eigenvalue weighted by atomic mass is 10.3. The first kappa shape index (κ1) is 21.4. The zero-order chi connectivity index (χ0) is 21.8. The molecule has 0 radical (unpaired) electrons. The number of rotatable bonds is 4. The highest BCUT2D eigenvalue weighted by Crippen LogP contribution is 2.22. The van der Waals surface area contributed by atoms with E-state index in [1.54, 1.807) is 39.0 Å². The third-order valence-corrected chi connectivity index (χ3v) is 6.36. The number of nitrogens with zero attached hydrogens (tertiary/aromatic N) is 4. The molecule has 0 saturated carbocycles. The summed E-state index contributed by atoms with van der Waals surface area (Å²) >= 11 is 7.24. The van der Waals surface area contributed by atoms with Crippen molar-refractivity contribution in [3.8, 4) is 0 Å². The van der Waals surface area contributed by atoms with Crippen LogP contribution in [0.3, 0.4) is 0 Å². The maximum Gasteiger partial charge on any atom is 0.323 e. The number of aromatic nitrogens is 1. The van der Waals surface area contributed by atoms with Crippen molar-refractivity contribution < 1.29 is 14.4 Å². The molecule has 2 aliphatic rings. The summed E-state index contributed by atoms with van der Waals surface area (Å²) in [7, 11) is 0. The van der Waals surface area contributed by atoms with Gasteiger partial charge < -0.3 is 20.4 Å². The Hall–Kier alpha value is -2.85. The van der Waals surface area contributed by atoms with Gasteiger partial charge in [-0.1, -0.05) is 11.6 Å². The van der Waals surface area contributed by atoms with Crippen molar-refractivity contribution in [2.24, 2.45) is 0 Å². The van der Waals surface area contributed by atoms with E-state index in [4.69, 9.17) is 11.6 Å². The van der Waals surface area contributed by atoms with Crippen LogP contribution in [0.5, 0.6) is 0 Å². The van der Waals surface area contributed by atoms with Gasteiger partial charge in [-0.25, -0.2) is 14.6 Å². The summed E-state index contributed by atoms with van der Waals surface area (Å²) in [5.41, 5.74) is 1.34. The Morgan fingerprint density at radius 1 is 1.10 bits per heavy atom. The lowest BCUT2D eigenvalue weighted by Gasteiger charge is -2.22. The van der Waals surface area contributed by atoms with E-state index in [1.807, 2.05) is 5.38 Å². The first-order valence-corrected chi connectivity index (χ1v) is 11.3. The summed E-state index contributed by atoms with van der Waals surface area (Å²) in [6, 6.07) is 6.60. The quantitative estimate of drug-likeness (QED) is 0.729. The van der Waals surface area contributed by atoms with Crippen molar-refractivity contribution in [3.63, 3.8) is 0 Å². The number of benzene rings is 1. The average Bonchev–Trinajstić information content (AvgIpc) is 3.30. The van der Waals surface area contributed by atoms with Crippen molar-refractivity contribution in [1.29, 1.82) is 0 Å². The second kappa shape index (κ2) is 9.52. The fourth-order valence-electron chi connectivity index (χ4n) is 3.53. The van der Waals surface area contributed by atoms with Crippen molar-refractivity contribution in [3.05, 3.63) is 40.4 Å². The summed E-state index contributed by atoms with van der Waals surface area (Å²) in [5.74, 6) is -0.0253. The van der Waals surface area contributed by atoms with Crippen LogP contribution in [-0.2, 0) is 11.2 Å². The molecule has 0 aliphatic carbocycles. The minimum Gasteiger partial charge on any atom is -0.341 e. The average molecular weight is 463 g/mol. The number of nitrogens with one attached hydrogen (secondary N) is 2. The highest BCUT2D eigenvalue weighted by molar-refractivity contribution is 7.14. The van der Waals surface area contributed by atoms with Crippen molar-refractivity contribution in [2.45, 2.75) is 12.8 Å². The van der Waals surface area contributed by atoms with Gasteiger partial charge in [0.15, 0.2) is 5.13 Å². The second-order valence-electron chi connectivity index (χ2n) is 7.34. The fourth-order valence-corrected chi connectivity index (χ4v) is 4.50. The molecule has 2 N–H and O–H groups in total. The van der Waals surface area contributed by atoms with Gasteiger partial charge in [0.25, 0.3) is 0 Å². The van der Waals surface area contributed by atoms with Gasteiger partial charge in [-0.05, 0) is 30.7 Å². The lowest BCUT2D eigenvalue weighted by Crippen LogP contribution is -2.39. The number of halogens is 1. The summed E-state index contributed by atoms with van der Waals surface area (Å²) in [4.78, 5) is 46.6. The molecule has 3 heterocycles. The predicted octanol–water partition coefficient (Wildman–Crippen LogP) is 2.64. The molecule has 1 aromatic carbocycles. The summed E-state index contributed by atoms with van der Waals surface area (Å²) in [6.07, 6.45) is 0.888. The van der Waals surface area contributed by atoms with E-state index in [2.05, 4.69) is 15.6 Å². The minimum atomic E-state index is -0.190. The Morgan fingerprint density at radius 2 is 1.84 bits per heavy atom. The Labute approximate surface area is 189 Å². The van der Waals surface area contributed by atoms with Gasteiger partial charge >= 0.3 is 12.1 Å². The molecule has 9 nitrogen and oxygen atoms in total. The van der Waals surface area contributed by atoms with Crippen LogP contribution in [0.15, 0.2) is 29.6 Å². The van der Waals surface area contributed by atoms with Crippen LogP contribution >= 0.6 is 22.9 Å². The third-order valence-electron chi connectivity index (χ3n) is 5.19. The Morgan fingerprint density at radius 3 is 2.58 bits per heavy atom. The third kappa shape index (κ3) is 5.26. The lowest BCUT2D eigenvalue weighted by molar-refractivity contribution is -0.130. The maximum absolute atomic E-state index is 12.8. The molecule has 0 unspecified atom stereocenters. The van der Waals surface area contributed by atoms with E-state index in [9.17, 15) is 14.4 Å². The van der Waals surface area contributed by atoms with Gasteiger partial charge in [-0.2, -0.15) is 0 Å². The van der Waals surface area contributed by atoms with Gasteiger partial charge in [0.2, 0.25) is 5.91 Å². The van der Waals surface area contributed by atoms with Gasteiger partial charge in [-0.3, -0.25) is 9.69 Å². The Kier molecular flexibility index (Phi) is 6.57. The summed E-state index contributed by atoms with van der Waals surface area (Å²) in [5, 5.41) is 8.65. The molecule has 4 rings (SSSR count). The van der Waals surface area contributed by atoms with E-state index in [-0.39, 0.29) is 24.4 Å². The second-order valence-corrected chi connectivity index (χ2v) is 8.61. The predicted molar refractivity (Wildman–Crippen MR) is 120 cm³/mol. The first-order chi connectivity index (χ1) is 15.0. The Balaban J connectivity index is 1.29. The molecule has 2 saturated heterocycles. The molecule has 164 valence electrons. The van der Waals surface area contributed by atoms with Gasteiger partial charge in [0.05, 0.1) is 12.1 Å². The topological polar surface area (TPSA) is 97.9 Å². The number of thiazole rings is 1. The summed E-state index contributed by atoms with van der Waals surface area (Å²) in [6.45, 7) is 3.28. The highest BCUT2D eigenvalue weighted by Gasteiger charge is 2.26. The normalized spacial score (nSPS) is 16.8. The molecule has 0 spiro atoms. The number of carbonyl (C=O) groups is 3. The van der Waals surface area contributed by atoms with Crippen LogP contribution in [-0.4, -0.2) is 72.0 Å². The molecule has 2 aliphatic heterocycles. The molecule has 5 amide bonds. The number of anilines is 2. The van der Waals surface area contributed by atoms with Gasteiger partial charge in [0, 0.05) is 55.4 Å². The molecule has 0 bridgehead atoms. The Bertz CT molecular complexity index is 966. The van der Waals surface area contributed by atoms with Crippen molar-refractivity contribution in [1.82, 2.24) is 20.1 Å². The van der Waals surface area contributed by atoms with Crippen LogP contribution in [0, 0.1) is 0 Å². The fraction of sp³-hybridized carbons (Fsp3) is 0.400. The van der Waals surface area contributed by atoms with E-state index < -0.39 is 0 Å². The van der Waals surface area contributed by atoms with E-state index in [0.29, 0.717) is 67.2 Å². The summed E-state index contributed by atoms with van der Waals surface area (Å²) < 4.78 is 0. The molecule has 2 fully saturated rings. The van der Waals surface area contributed by atoms with E-state index in [1.165, 1.54) is 11.3 Å². The largest absolute Gasteiger partial charge is 0.341 e. The molecule has 0 atom stereocenters. The highest BCUT2D eigenvalue weighted by atomic mass is 35.5. The number of hydrogen-bond acceptors (Lipinski definition) is 5. The zero-order valence-electron chi connectivity index (χ0n) is 16.8. The number of carbonyl (C=O) groups excluding carboxylic acids is 3. The number of amides is 5. The van der Waals surface area contributed by atoms with Gasteiger partial charge in [0.1, 0.15) is 0 Å². The van der Waals surface area contributed by atoms with Crippen LogP contribution in [0.25, 0.3) is 0 Å². The molecule has 11 heteroatoms. The maximum atomic E-state index is 12.8. The first-order valence-electron chi connectivity index (χ1n) is 10.1. The van der Waals surface area contributed by atoms with Crippen LogP contribution in [0.4, 0.5) is 20.4 Å². The van der Waals surface area contributed by atoms with Crippen LogP contribution < -0.4 is 15.5 Å². The van der Waals surface area contributed by atoms with Crippen molar-refractivity contribution in [2.75, 3.05) is 49.5 Å². The molecular weight excluding hydrogens is 440 g/mol. The van der Waals surface area contributed by atoms with E-state index >= 15 is 0 Å². The zero-order valence-corrected chi connectivity index (χ0v) is 18.4. The standard InChI is InChI=1S/C20H23ClN6O3S/c21-14-2-4-15(5-3-14)23-19(30)26-8-1-7-25(10-11-26)17(28)12-16-13-31-20(24-16)27-9-6-22-18(27)29/h2-5,13H,1,6-12H2,(H,22,29)(H,23,30). The SMILES string of the molecule is O=C(Cc1csc(N2CCNC2=O)n1)N1CCCN(C(=O)Nc2ccc(Cl)cc2)CC1. The van der Waals surface area contributed by atoms with Crippen molar-refractivity contribution >= 4 is 51.7 Å². The molecular formula is C20H23ClN6O3S. The monoisotopic (exact) mass is 462 g/mol. The minimum absolute atomic E-state index is 0.0253. The number of hydrogen-bond donors (Lipinski definition) is 2. The molecule has 2 aromatic rings. The van der Waals surface area contributed by atoms with Crippen LogP contribution in [0.2, 0.25) is 5.02 Å². The van der Waals surface area contributed by atoms with Crippen LogP contribution in [0.1, 0.15) is 12.1 Å². The van der Waals surface area contributed by atoms with Gasteiger partial charge in [-0.15, -0.1) is 11.3 Å². The molecule has 31 heavy (non-hydrogen) atoms. The molecule has 1 aromatic heterocycles.